The quantitative estimate of drug-likeness (QED) is 0.296. The van der Waals surface area contributed by atoms with E-state index in [-0.39, 0.29) is 28.6 Å². The summed E-state index contributed by atoms with van der Waals surface area (Å²) >= 11 is 5.85. The third kappa shape index (κ3) is 5.96. The van der Waals surface area contributed by atoms with E-state index < -0.39 is 5.92 Å². The highest BCUT2D eigenvalue weighted by atomic mass is 35.5. The number of anilines is 1. The van der Waals surface area contributed by atoms with Gasteiger partial charge in [-0.05, 0) is 48.4 Å². The van der Waals surface area contributed by atoms with Gasteiger partial charge in [0.15, 0.2) is 5.82 Å². The topological polar surface area (TPSA) is 79.9 Å². The van der Waals surface area contributed by atoms with Crippen molar-refractivity contribution in [2.45, 2.75) is 25.7 Å². The number of ether oxygens (including phenoxy) is 1. The summed E-state index contributed by atoms with van der Waals surface area (Å²) in [7, 11) is 0. The number of aromatic amines is 1. The van der Waals surface area contributed by atoms with Gasteiger partial charge in [0.1, 0.15) is 17.2 Å². The van der Waals surface area contributed by atoms with E-state index >= 15 is 0 Å². The van der Waals surface area contributed by atoms with Crippen LogP contribution in [0.15, 0.2) is 73.2 Å². The Bertz CT molecular complexity index is 1290. The highest BCUT2D eigenvalue weighted by Gasteiger charge is 2.27. The molecule has 0 aliphatic carbocycles. The number of H-pyrrole nitrogens is 1. The van der Waals surface area contributed by atoms with Crippen LogP contribution in [0.4, 0.5) is 14.5 Å². The minimum absolute atomic E-state index is 0.0483. The standard InChI is InChI=1S/C25H21ClF2N4O2/c1-25(27,28)20-14-17(6-7-21(20)26)32-23(33)8-5-16-3-2-4-18(13-16)34-19-9-10-29-22(15-19)24-30-11-12-31-24/h2-4,6-7,9-15H,5,8H2,1H3,(H,30,31)(H,32,33). The fourth-order valence-corrected chi connectivity index (χ4v) is 3.61. The molecule has 2 aromatic heterocycles. The molecular weight excluding hydrogens is 462 g/mol. The summed E-state index contributed by atoms with van der Waals surface area (Å²) in [5, 5.41) is 2.60. The number of rotatable bonds is 8. The minimum atomic E-state index is -3.11. The molecule has 2 aromatic carbocycles. The average molecular weight is 483 g/mol. The fraction of sp³-hybridized carbons (Fsp3) is 0.160. The lowest BCUT2D eigenvalue weighted by Gasteiger charge is -2.14. The number of hydrogen-bond acceptors (Lipinski definition) is 4. The lowest BCUT2D eigenvalue weighted by Crippen LogP contribution is -2.14. The van der Waals surface area contributed by atoms with Crippen molar-refractivity contribution in [1.29, 1.82) is 0 Å². The molecule has 2 heterocycles. The van der Waals surface area contributed by atoms with Crippen LogP contribution in [0.3, 0.4) is 0 Å². The largest absolute Gasteiger partial charge is 0.457 e. The molecule has 1 amide bonds. The Morgan fingerprint density at radius 3 is 2.68 bits per heavy atom. The van der Waals surface area contributed by atoms with Crippen LogP contribution in [-0.2, 0) is 17.1 Å². The maximum absolute atomic E-state index is 13.7. The number of aryl methyl sites for hydroxylation is 1. The van der Waals surface area contributed by atoms with Gasteiger partial charge in [-0.15, -0.1) is 0 Å². The van der Waals surface area contributed by atoms with Crippen molar-refractivity contribution in [3.63, 3.8) is 0 Å². The molecule has 6 nitrogen and oxygen atoms in total. The van der Waals surface area contributed by atoms with Gasteiger partial charge in [0, 0.05) is 54.3 Å². The second-order valence-corrected chi connectivity index (χ2v) is 8.10. The van der Waals surface area contributed by atoms with Crippen LogP contribution in [0.25, 0.3) is 11.5 Å². The maximum Gasteiger partial charge on any atom is 0.272 e. The summed E-state index contributed by atoms with van der Waals surface area (Å²) < 4.78 is 33.3. The summed E-state index contributed by atoms with van der Waals surface area (Å²) in [5.41, 5.74) is 1.49. The zero-order valence-electron chi connectivity index (χ0n) is 18.2. The predicted octanol–water partition coefficient (Wildman–Crippen LogP) is 6.60. The highest BCUT2D eigenvalue weighted by Crippen LogP contribution is 2.34. The molecule has 0 atom stereocenters. The number of halogens is 3. The molecule has 0 fully saturated rings. The summed E-state index contributed by atoms with van der Waals surface area (Å²) in [5.74, 6) is -1.55. The first-order chi connectivity index (χ1) is 16.3. The SMILES string of the molecule is CC(F)(F)c1cc(NC(=O)CCc2cccc(Oc3ccnc(-c4ncc[nH]4)c3)c2)ccc1Cl. The number of alkyl halides is 2. The number of nitrogens with one attached hydrogen (secondary N) is 2. The zero-order chi connectivity index (χ0) is 24.1. The summed E-state index contributed by atoms with van der Waals surface area (Å²) in [6, 6.07) is 14.9. The Hall–Kier alpha value is -3.78. The summed E-state index contributed by atoms with van der Waals surface area (Å²) in [6.07, 6.45) is 5.62. The number of nitrogens with zero attached hydrogens (tertiary/aromatic N) is 2. The number of amides is 1. The minimum Gasteiger partial charge on any atom is -0.457 e. The van der Waals surface area contributed by atoms with Crippen molar-refractivity contribution in [3.05, 3.63) is 89.3 Å². The second kappa shape index (κ2) is 10.0. The van der Waals surface area contributed by atoms with E-state index in [4.69, 9.17) is 16.3 Å². The molecule has 0 bridgehead atoms. The summed E-state index contributed by atoms with van der Waals surface area (Å²) in [4.78, 5) is 23.8. The van der Waals surface area contributed by atoms with Crippen LogP contribution in [0.1, 0.15) is 24.5 Å². The fourth-order valence-electron chi connectivity index (χ4n) is 3.33. The number of aromatic nitrogens is 3. The van der Waals surface area contributed by atoms with Gasteiger partial charge in [0.25, 0.3) is 5.92 Å². The third-order valence-electron chi connectivity index (χ3n) is 4.97. The molecule has 2 N–H and O–H groups in total. The first kappa shape index (κ1) is 23.4. The zero-order valence-corrected chi connectivity index (χ0v) is 18.9. The Morgan fingerprint density at radius 1 is 1.09 bits per heavy atom. The van der Waals surface area contributed by atoms with Crippen molar-refractivity contribution in [3.8, 4) is 23.0 Å². The molecule has 0 aliphatic rings. The molecule has 0 saturated heterocycles. The lowest BCUT2D eigenvalue weighted by molar-refractivity contribution is -0.116. The molecule has 4 aromatic rings. The molecule has 9 heteroatoms. The molecule has 0 saturated carbocycles. The number of carbonyl (C=O) groups is 1. The lowest BCUT2D eigenvalue weighted by atomic mass is 10.1. The number of benzene rings is 2. The molecule has 174 valence electrons. The van der Waals surface area contributed by atoms with E-state index in [9.17, 15) is 13.6 Å². The smallest absolute Gasteiger partial charge is 0.272 e. The number of pyridine rings is 1. The second-order valence-electron chi connectivity index (χ2n) is 7.70. The number of imidazole rings is 1. The number of carbonyl (C=O) groups excluding carboxylic acids is 1. The van der Waals surface area contributed by atoms with Gasteiger partial charge in [-0.2, -0.15) is 0 Å². The molecule has 34 heavy (non-hydrogen) atoms. The third-order valence-corrected chi connectivity index (χ3v) is 5.30. The van der Waals surface area contributed by atoms with Gasteiger partial charge < -0.3 is 15.0 Å². The Kier molecular flexibility index (Phi) is 6.88. The van der Waals surface area contributed by atoms with Gasteiger partial charge in [-0.1, -0.05) is 23.7 Å². The molecule has 0 radical (unpaired) electrons. The van der Waals surface area contributed by atoms with Crippen LogP contribution in [0.2, 0.25) is 5.02 Å². The summed E-state index contributed by atoms with van der Waals surface area (Å²) in [6.45, 7) is 0.763. The van der Waals surface area contributed by atoms with E-state index in [0.29, 0.717) is 29.4 Å². The number of hydrogen-bond donors (Lipinski definition) is 2. The Labute approximate surface area is 200 Å². The van der Waals surface area contributed by atoms with Crippen molar-refractivity contribution in [2.24, 2.45) is 0 Å². The van der Waals surface area contributed by atoms with Crippen LogP contribution < -0.4 is 10.1 Å². The molecule has 0 spiro atoms. The van der Waals surface area contributed by atoms with Gasteiger partial charge >= 0.3 is 0 Å². The van der Waals surface area contributed by atoms with Crippen LogP contribution in [0.5, 0.6) is 11.5 Å². The van der Waals surface area contributed by atoms with E-state index in [0.717, 1.165) is 12.5 Å². The van der Waals surface area contributed by atoms with Crippen LogP contribution in [0, 0.1) is 0 Å². The van der Waals surface area contributed by atoms with Crippen molar-refractivity contribution >= 4 is 23.2 Å². The first-order valence-electron chi connectivity index (χ1n) is 10.5. The monoisotopic (exact) mass is 482 g/mol. The molecule has 0 unspecified atom stereocenters. The van der Waals surface area contributed by atoms with Crippen molar-refractivity contribution < 1.29 is 18.3 Å². The van der Waals surface area contributed by atoms with Gasteiger partial charge in [0.2, 0.25) is 5.91 Å². The maximum atomic E-state index is 13.7. The van der Waals surface area contributed by atoms with Crippen LogP contribution in [-0.4, -0.2) is 20.9 Å². The van der Waals surface area contributed by atoms with Gasteiger partial charge in [0.05, 0.1) is 0 Å². The Balaban J connectivity index is 1.37. The normalized spacial score (nSPS) is 11.3. The molecule has 4 rings (SSSR count). The van der Waals surface area contributed by atoms with E-state index in [1.807, 2.05) is 24.3 Å². The first-order valence-corrected chi connectivity index (χ1v) is 10.9. The van der Waals surface area contributed by atoms with Gasteiger partial charge in [-0.3, -0.25) is 9.78 Å². The van der Waals surface area contributed by atoms with Crippen LogP contribution >= 0.6 is 11.6 Å². The van der Waals surface area contributed by atoms with E-state index in [2.05, 4.69) is 20.3 Å². The van der Waals surface area contributed by atoms with E-state index in [1.165, 1.54) is 18.2 Å². The van der Waals surface area contributed by atoms with Gasteiger partial charge in [-0.25, -0.2) is 13.8 Å². The Morgan fingerprint density at radius 2 is 1.91 bits per heavy atom. The van der Waals surface area contributed by atoms with Crippen molar-refractivity contribution in [1.82, 2.24) is 15.0 Å². The molecule has 0 aliphatic heterocycles. The van der Waals surface area contributed by atoms with E-state index in [1.54, 1.807) is 30.7 Å². The average Bonchev–Trinajstić information content (AvgIpc) is 3.34. The van der Waals surface area contributed by atoms with Crippen molar-refractivity contribution in [2.75, 3.05) is 5.32 Å². The predicted molar refractivity (Wildman–Crippen MR) is 126 cm³/mol. The highest BCUT2D eigenvalue weighted by molar-refractivity contribution is 6.31. The molecular formula is C25H21ClF2N4O2.